The maximum atomic E-state index is 12.3. The molecule has 0 aliphatic carbocycles. The molecular weight excluding hydrogens is 366 g/mol. The van der Waals surface area contributed by atoms with Crippen molar-refractivity contribution in [2.24, 2.45) is 0 Å². The summed E-state index contributed by atoms with van der Waals surface area (Å²) in [6.45, 7) is 5.28. The first-order valence-electron chi connectivity index (χ1n) is 8.66. The van der Waals surface area contributed by atoms with Crippen LogP contribution in [0.5, 0.6) is 0 Å². The summed E-state index contributed by atoms with van der Waals surface area (Å²) in [5.41, 5.74) is 0.396. The number of hydroxylamine groups is 2. The third-order valence-electron chi connectivity index (χ3n) is 3.90. The number of carbonyl (C=O) groups excluding carboxylic acids is 3. The van der Waals surface area contributed by atoms with E-state index in [2.05, 4.69) is 15.4 Å². The first-order valence-corrected chi connectivity index (χ1v) is 8.66. The maximum Gasteiger partial charge on any atom is 0.415 e. The number of hydrogen-bond acceptors (Lipinski definition) is 7. The molecule has 0 saturated heterocycles. The molecule has 0 atom stereocenters. The van der Waals surface area contributed by atoms with Gasteiger partial charge in [0, 0.05) is 13.5 Å². The van der Waals surface area contributed by atoms with Crippen LogP contribution in [0.1, 0.15) is 47.2 Å². The van der Waals surface area contributed by atoms with Gasteiger partial charge in [0.25, 0.3) is 11.8 Å². The Balaban J connectivity index is 1.61. The number of aromatic amines is 1. The quantitative estimate of drug-likeness (QED) is 0.779. The van der Waals surface area contributed by atoms with Crippen LogP contribution in [0.4, 0.5) is 10.6 Å². The van der Waals surface area contributed by atoms with Crippen LogP contribution in [0.25, 0.3) is 0 Å². The highest BCUT2D eigenvalue weighted by Crippen LogP contribution is 2.23. The Morgan fingerprint density at radius 2 is 1.75 bits per heavy atom. The molecule has 0 spiro atoms. The van der Waals surface area contributed by atoms with Crippen LogP contribution < -0.4 is 4.90 Å². The summed E-state index contributed by atoms with van der Waals surface area (Å²) in [5, 5.41) is 11.2. The van der Waals surface area contributed by atoms with Crippen LogP contribution in [0, 0.1) is 0 Å². The minimum Gasteiger partial charge on any atom is -0.443 e. The molecule has 0 unspecified atom stereocenters. The number of ether oxygens (including phenoxy) is 1. The van der Waals surface area contributed by atoms with Crippen molar-refractivity contribution < 1.29 is 24.0 Å². The molecule has 148 valence electrons. The van der Waals surface area contributed by atoms with E-state index < -0.39 is 23.5 Å². The van der Waals surface area contributed by atoms with E-state index in [4.69, 9.17) is 9.57 Å². The molecule has 10 heteroatoms. The molecule has 1 aromatic heterocycles. The van der Waals surface area contributed by atoms with Gasteiger partial charge in [0.2, 0.25) is 0 Å². The predicted molar refractivity (Wildman–Crippen MR) is 97.6 cm³/mol. The average Bonchev–Trinajstić information content (AvgIpc) is 3.18. The van der Waals surface area contributed by atoms with Crippen molar-refractivity contribution >= 4 is 23.7 Å². The number of hydrogen-bond donors (Lipinski definition) is 1. The van der Waals surface area contributed by atoms with Gasteiger partial charge < -0.3 is 4.74 Å². The predicted octanol–water partition coefficient (Wildman–Crippen LogP) is 1.95. The Bertz CT molecular complexity index is 882. The van der Waals surface area contributed by atoms with Crippen molar-refractivity contribution in [3.63, 3.8) is 0 Å². The monoisotopic (exact) mass is 387 g/mol. The van der Waals surface area contributed by atoms with E-state index >= 15 is 0 Å². The van der Waals surface area contributed by atoms with Gasteiger partial charge in [-0.3, -0.25) is 19.3 Å². The first kappa shape index (κ1) is 19.5. The Morgan fingerprint density at radius 3 is 2.32 bits per heavy atom. The van der Waals surface area contributed by atoms with Crippen molar-refractivity contribution in [3.05, 3.63) is 41.1 Å². The van der Waals surface area contributed by atoms with Crippen molar-refractivity contribution in [2.45, 2.75) is 32.8 Å². The Labute approximate surface area is 161 Å². The van der Waals surface area contributed by atoms with E-state index in [1.807, 2.05) is 0 Å². The van der Waals surface area contributed by atoms with E-state index in [-0.39, 0.29) is 18.8 Å². The molecule has 1 aromatic carbocycles. The lowest BCUT2D eigenvalue weighted by Crippen LogP contribution is -2.35. The van der Waals surface area contributed by atoms with Crippen LogP contribution >= 0.6 is 0 Å². The van der Waals surface area contributed by atoms with Crippen LogP contribution in [0.2, 0.25) is 0 Å². The minimum atomic E-state index is -0.649. The number of H-pyrrole nitrogens is 1. The zero-order valence-electron chi connectivity index (χ0n) is 16.1. The number of anilines is 1. The van der Waals surface area contributed by atoms with Gasteiger partial charge in [-0.15, -0.1) is 10.2 Å². The van der Waals surface area contributed by atoms with Gasteiger partial charge in [0.1, 0.15) is 11.3 Å². The second-order valence-corrected chi connectivity index (χ2v) is 7.17. The fourth-order valence-electron chi connectivity index (χ4n) is 2.62. The van der Waals surface area contributed by atoms with Crippen LogP contribution in [-0.2, 0) is 16.0 Å². The number of fused-ring (bicyclic) bond motifs is 1. The molecule has 2 heterocycles. The second kappa shape index (κ2) is 7.39. The van der Waals surface area contributed by atoms with Crippen molar-refractivity contribution in [3.8, 4) is 0 Å². The Kier molecular flexibility index (Phi) is 5.14. The zero-order chi connectivity index (χ0) is 20.5. The molecule has 0 bridgehead atoms. The Morgan fingerprint density at radius 1 is 1.14 bits per heavy atom. The molecule has 28 heavy (non-hydrogen) atoms. The number of nitrogens with one attached hydrogen (secondary N) is 1. The van der Waals surface area contributed by atoms with Crippen molar-refractivity contribution in [2.75, 3.05) is 18.6 Å². The topological polar surface area (TPSA) is 118 Å². The van der Waals surface area contributed by atoms with E-state index in [0.29, 0.717) is 16.8 Å². The molecule has 0 fully saturated rings. The average molecular weight is 387 g/mol. The van der Waals surface area contributed by atoms with Gasteiger partial charge in [0.15, 0.2) is 5.82 Å². The number of imide groups is 1. The number of rotatable bonds is 5. The maximum absolute atomic E-state index is 12.3. The highest BCUT2D eigenvalue weighted by Gasteiger charge is 2.36. The number of aromatic nitrogens is 3. The molecule has 10 nitrogen and oxygen atoms in total. The van der Waals surface area contributed by atoms with Crippen LogP contribution in [0.3, 0.4) is 0 Å². The summed E-state index contributed by atoms with van der Waals surface area (Å²) in [5.74, 6) is -0.737. The largest absolute Gasteiger partial charge is 0.443 e. The smallest absolute Gasteiger partial charge is 0.415 e. The summed E-state index contributed by atoms with van der Waals surface area (Å²) in [6.07, 6.45) is -0.365. The molecule has 0 radical (unpaired) electrons. The molecular formula is C18H21N5O5. The van der Waals surface area contributed by atoms with Crippen molar-refractivity contribution in [1.82, 2.24) is 20.5 Å². The lowest BCUT2D eigenvalue weighted by atomic mass is 10.1. The van der Waals surface area contributed by atoms with E-state index in [1.54, 1.807) is 45.0 Å². The van der Waals surface area contributed by atoms with Gasteiger partial charge in [-0.25, -0.2) is 4.79 Å². The summed E-state index contributed by atoms with van der Waals surface area (Å²) >= 11 is 0. The van der Waals surface area contributed by atoms with E-state index in [9.17, 15) is 14.4 Å². The first-order chi connectivity index (χ1) is 13.2. The Hall–Kier alpha value is -3.27. The van der Waals surface area contributed by atoms with Gasteiger partial charge >= 0.3 is 6.09 Å². The van der Waals surface area contributed by atoms with E-state index in [1.165, 1.54) is 11.9 Å². The number of benzene rings is 1. The number of carbonyl (C=O) groups is 3. The standard InChI is InChI=1S/C18H21N5O5/c1-18(2,3)28-17(26)22(4)14-13(19-21-20-14)9-10-27-23-15(24)11-7-5-6-8-12(11)16(23)25/h5-8H,9-10H2,1-4H3,(H,19,20,21). The molecule has 3 amide bonds. The summed E-state index contributed by atoms with van der Waals surface area (Å²) in [6, 6.07) is 6.51. The molecule has 1 aliphatic heterocycles. The fraction of sp³-hybridized carbons (Fsp3) is 0.389. The molecule has 2 aromatic rings. The van der Waals surface area contributed by atoms with Crippen molar-refractivity contribution in [1.29, 1.82) is 0 Å². The third kappa shape index (κ3) is 3.86. The highest BCUT2D eigenvalue weighted by molar-refractivity contribution is 6.20. The lowest BCUT2D eigenvalue weighted by Gasteiger charge is -2.23. The van der Waals surface area contributed by atoms with Gasteiger partial charge in [-0.1, -0.05) is 12.1 Å². The minimum absolute atomic E-state index is 0.00679. The van der Waals surface area contributed by atoms with Gasteiger partial charge in [0.05, 0.1) is 17.7 Å². The molecule has 1 N–H and O–H groups in total. The molecule has 3 rings (SSSR count). The van der Waals surface area contributed by atoms with Crippen LogP contribution in [0.15, 0.2) is 24.3 Å². The fourth-order valence-corrected chi connectivity index (χ4v) is 2.62. The van der Waals surface area contributed by atoms with Gasteiger partial charge in [-0.2, -0.15) is 10.3 Å². The summed E-state index contributed by atoms with van der Waals surface area (Å²) in [4.78, 5) is 43.3. The highest BCUT2D eigenvalue weighted by atomic mass is 16.7. The second-order valence-electron chi connectivity index (χ2n) is 7.17. The van der Waals surface area contributed by atoms with Crippen LogP contribution in [-0.4, -0.2) is 57.6 Å². The van der Waals surface area contributed by atoms with Gasteiger partial charge in [-0.05, 0) is 32.9 Å². The normalized spacial score (nSPS) is 13.6. The van der Waals surface area contributed by atoms with E-state index in [0.717, 1.165) is 5.06 Å². The zero-order valence-corrected chi connectivity index (χ0v) is 16.1. The number of nitrogens with zero attached hydrogens (tertiary/aromatic N) is 4. The SMILES string of the molecule is CN(C(=O)OC(C)(C)C)c1n[nH]nc1CCON1C(=O)c2ccccc2C1=O. The lowest BCUT2D eigenvalue weighted by molar-refractivity contribution is -0.0903. The molecule has 0 saturated carbocycles. The molecule has 1 aliphatic rings. The summed E-state index contributed by atoms with van der Waals surface area (Å²) in [7, 11) is 1.51. The summed E-state index contributed by atoms with van der Waals surface area (Å²) < 4.78 is 5.30. The third-order valence-corrected chi connectivity index (χ3v) is 3.90. The number of amides is 3.